The van der Waals surface area contributed by atoms with Crippen LogP contribution in [0.3, 0.4) is 0 Å². The first-order valence-corrected chi connectivity index (χ1v) is 11.4. The summed E-state index contributed by atoms with van der Waals surface area (Å²) >= 11 is 1.55. The molecule has 0 bridgehead atoms. The van der Waals surface area contributed by atoms with Crippen LogP contribution in [0.25, 0.3) is 0 Å². The molecular weight excluding hydrogens is 396 g/mol. The Balaban J connectivity index is 2.00. The zero-order valence-electron chi connectivity index (χ0n) is 18.3. The maximum atomic E-state index is 13.0. The second kappa shape index (κ2) is 12.3. The van der Waals surface area contributed by atoms with E-state index in [9.17, 15) is 9.59 Å². The van der Waals surface area contributed by atoms with Crippen molar-refractivity contribution in [3.63, 3.8) is 0 Å². The minimum absolute atomic E-state index is 0.0374. The van der Waals surface area contributed by atoms with Crippen molar-refractivity contribution >= 4 is 23.6 Å². The number of ether oxygens (including phenoxy) is 1. The van der Waals surface area contributed by atoms with Crippen molar-refractivity contribution < 1.29 is 14.3 Å². The monoisotopic (exact) mass is 428 g/mol. The summed E-state index contributed by atoms with van der Waals surface area (Å²) in [6, 6.07) is 17.1. The SMILES string of the molecule is COc1ccc(CSCC(=O)N(Cc2ccccc2)[C@@H](C)C(=O)NCC(C)C)cc1. The molecule has 0 radical (unpaired) electrons. The molecule has 6 heteroatoms. The topological polar surface area (TPSA) is 58.6 Å². The van der Waals surface area contributed by atoms with Crippen LogP contribution in [0.2, 0.25) is 0 Å². The molecule has 0 aliphatic rings. The predicted octanol–water partition coefficient (Wildman–Crippen LogP) is 4.12. The number of carbonyl (C=O) groups is 2. The molecule has 0 fully saturated rings. The predicted molar refractivity (Wildman–Crippen MR) is 123 cm³/mol. The third-order valence-corrected chi connectivity index (χ3v) is 5.69. The van der Waals surface area contributed by atoms with E-state index in [1.807, 2.05) is 68.4 Å². The Morgan fingerprint density at radius 3 is 2.27 bits per heavy atom. The standard InChI is InChI=1S/C24H32N2O3S/c1-18(2)14-25-24(28)19(3)26(15-20-8-6-5-7-9-20)23(27)17-30-16-21-10-12-22(29-4)13-11-21/h5-13,18-19H,14-17H2,1-4H3,(H,25,28)/t19-/m0/s1. The molecule has 0 unspecified atom stereocenters. The summed E-state index contributed by atoms with van der Waals surface area (Å²) in [6.07, 6.45) is 0. The fourth-order valence-corrected chi connectivity index (χ4v) is 3.75. The molecule has 0 saturated heterocycles. The lowest BCUT2D eigenvalue weighted by Crippen LogP contribution is -2.48. The van der Waals surface area contributed by atoms with Crippen LogP contribution in [0.15, 0.2) is 54.6 Å². The zero-order valence-corrected chi connectivity index (χ0v) is 19.1. The molecule has 2 rings (SSSR count). The molecule has 30 heavy (non-hydrogen) atoms. The van der Waals surface area contributed by atoms with Gasteiger partial charge in [-0.3, -0.25) is 9.59 Å². The van der Waals surface area contributed by atoms with Gasteiger partial charge < -0.3 is 15.0 Å². The Morgan fingerprint density at radius 2 is 1.67 bits per heavy atom. The van der Waals surface area contributed by atoms with Gasteiger partial charge in [0, 0.05) is 18.8 Å². The number of thioether (sulfide) groups is 1. The van der Waals surface area contributed by atoms with E-state index < -0.39 is 6.04 Å². The van der Waals surface area contributed by atoms with E-state index in [1.165, 1.54) is 0 Å². The van der Waals surface area contributed by atoms with Crippen LogP contribution in [0, 0.1) is 5.92 Å². The molecule has 0 aromatic heterocycles. The lowest BCUT2D eigenvalue weighted by atomic mass is 10.1. The summed E-state index contributed by atoms with van der Waals surface area (Å²) in [6.45, 7) is 6.91. The molecule has 5 nitrogen and oxygen atoms in total. The van der Waals surface area contributed by atoms with Crippen molar-refractivity contribution in [2.24, 2.45) is 5.92 Å². The Morgan fingerprint density at radius 1 is 1.00 bits per heavy atom. The molecular formula is C24H32N2O3S. The van der Waals surface area contributed by atoms with Crippen molar-refractivity contribution in [3.8, 4) is 5.75 Å². The smallest absolute Gasteiger partial charge is 0.242 e. The second-order valence-electron chi connectivity index (χ2n) is 7.66. The van der Waals surface area contributed by atoms with Gasteiger partial charge in [0.2, 0.25) is 11.8 Å². The van der Waals surface area contributed by atoms with Crippen LogP contribution in [0.5, 0.6) is 5.75 Å². The van der Waals surface area contributed by atoms with Gasteiger partial charge >= 0.3 is 0 Å². The number of hydrogen-bond acceptors (Lipinski definition) is 4. The molecule has 0 aliphatic carbocycles. The Bertz CT molecular complexity index is 794. The summed E-state index contributed by atoms with van der Waals surface area (Å²) in [5, 5.41) is 2.94. The van der Waals surface area contributed by atoms with Gasteiger partial charge in [-0.1, -0.05) is 56.3 Å². The van der Waals surface area contributed by atoms with Crippen molar-refractivity contribution in [3.05, 3.63) is 65.7 Å². The number of benzene rings is 2. The van der Waals surface area contributed by atoms with Crippen molar-refractivity contribution in [1.29, 1.82) is 0 Å². The first kappa shape index (κ1) is 23.8. The first-order valence-electron chi connectivity index (χ1n) is 10.2. The highest BCUT2D eigenvalue weighted by molar-refractivity contribution is 7.99. The van der Waals surface area contributed by atoms with Crippen LogP contribution in [0.1, 0.15) is 31.9 Å². The minimum atomic E-state index is -0.530. The quantitative estimate of drug-likeness (QED) is 0.585. The fourth-order valence-electron chi connectivity index (χ4n) is 2.88. The summed E-state index contributed by atoms with van der Waals surface area (Å²) in [5.41, 5.74) is 2.14. The molecule has 162 valence electrons. The van der Waals surface area contributed by atoms with Crippen LogP contribution in [-0.2, 0) is 21.9 Å². The number of carbonyl (C=O) groups excluding carboxylic acids is 2. The van der Waals surface area contributed by atoms with Gasteiger partial charge in [-0.25, -0.2) is 0 Å². The third kappa shape index (κ3) is 7.75. The number of methoxy groups -OCH3 is 1. The molecule has 0 spiro atoms. The zero-order chi connectivity index (χ0) is 21.9. The number of rotatable bonds is 11. The van der Waals surface area contributed by atoms with Gasteiger partial charge in [-0.2, -0.15) is 0 Å². The normalized spacial score (nSPS) is 11.8. The highest BCUT2D eigenvalue weighted by Gasteiger charge is 2.26. The van der Waals surface area contributed by atoms with Crippen LogP contribution in [-0.4, -0.2) is 42.2 Å². The maximum Gasteiger partial charge on any atom is 0.242 e. The number of nitrogens with one attached hydrogen (secondary N) is 1. The Labute approximate surface area is 184 Å². The molecule has 1 atom stereocenters. The highest BCUT2D eigenvalue weighted by Crippen LogP contribution is 2.18. The number of amides is 2. The van der Waals surface area contributed by atoms with Gasteiger partial charge in [-0.15, -0.1) is 11.8 Å². The summed E-state index contributed by atoms with van der Waals surface area (Å²) in [5.74, 6) is 2.07. The third-order valence-electron chi connectivity index (χ3n) is 4.70. The lowest BCUT2D eigenvalue weighted by Gasteiger charge is -2.29. The maximum absolute atomic E-state index is 13.0. The van der Waals surface area contributed by atoms with E-state index in [-0.39, 0.29) is 11.8 Å². The highest BCUT2D eigenvalue weighted by atomic mass is 32.2. The van der Waals surface area contributed by atoms with Crippen LogP contribution >= 0.6 is 11.8 Å². The second-order valence-corrected chi connectivity index (χ2v) is 8.65. The van der Waals surface area contributed by atoms with Crippen molar-refractivity contribution in [1.82, 2.24) is 10.2 Å². The molecule has 2 aromatic carbocycles. The molecule has 0 aliphatic heterocycles. The number of nitrogens with zero attached hydrogens (tertiary/aromatic N) is 1. The largest absolute Gasteiger partial charge is 0.497 e. The van der Waals surface area contributed by atoms with Crippen molar-refractivity contribution in [2.45, 2.75) is 39.1 Å². The Hall–Kier alpha value is -2.47. The van der Waals surface area contributed by atoms with Crippen molar-refractivity contribution in [2.75, 3.05) is 19.4 Å². The average molecular weight is 429 g/mol. The number of hydrogen-bond donors (Lipinski definition) is 1. The summed E-state index contributed by atoms with van der Waals surface area (Å²) in [4.78, 5) is 27.3. The van der Waals surface area contributed by atoms with E-state index in [4.69, 9.17) is 4.74 Å². The van der Waals surface area contributed by atoms with E-state index >= 15 is 0 Å². The van der Waals surface area contributed by atoms with Gasteiger partial charge in [0.1, 0.15) is 11.8 Å². The Kier molecular flexibility index (Phi) is 9.74. The van der Waals surface area contributed by atoms with Gasteiger partial charge in [0.15, 0.2) is 0 Å². The summed E-state index contributed by atoms with van der Waals surface area (Å²) in [7, 11) is 1.64. The first-order chi connectivity index (χ1) is 14.4. The molecule has 2 aromatic rings. The van der Waals surface area contributed by atoms with Crippen LogP contribution < -0.4 is 10.1 Å². The van der Waals surface area contributed by atoms with Gasteiger partial charge in [0.25, 0.3) is 0 Å². The van der Waals surface area contributed by atoms with E-state index in [2.05, 4.69) is 5.32 Å². The van der Waals surface area contributed by atoms with E-state index in [0.717, 1.165) is 22.6 Å². The average Bonchev–Trinajstić information content (AvgIpc) is 2.76. The van der Waals surface area contributed by atoms with Gasteiger partial charge in [0.05, 0.1) is 12.9 Å². The lowest BCUT2D eigenvalue weighted by molar-refractivity contribution is -0.138. The molecule has 2 amide bonds. The summed E-state index contributed by atoms with van der Waals surface area (Å²) < 4.78 is 5.18. The molecule has 0 heterocycles. The fraction of sp³-hybridized carbons (Fsp3) is 0.417. The minimum Gasteiger partial charge on any atom is -0.497 e. The molecule has 1 N–H and O–H groups in total. The van der Waals surface area contributed by atoms with Crippen LogP contribution in [0.4, 0.5) is 0 Å². The van der Waals surface area contributed by atoms with E-state index in [0.29, 0.717) is 24.8 Å². The van der Waals surface area contributed by atoms with Gasteiger partial charge in [-0.05, 0) is 36.1 Å². The molecule has 0 saturated carbocycles. The van der Waals surface area contributed by atoms with E-state index in [1.54, 1.807) is 30.7 Å².